The molecule has 1 aromatic heterocycles. The highest BCUT2D eigenvalue weighted by Gasteiger charge is 2.20. The largest absolute Gasteiger partial charge is 0.465 e. The Hall–Kier alpha value is -2.56. The number of benzene rings is 1. The lowest BCUT2D eigenvalue weighted by atomic mass is 10.0. The Labute approximate surface area is 116 Å². The summed E-state index contributed by atoms with van der Waals surface area (Å²) < 4.78 is 4.70. The van der Waals surface area contributed by atoms with E-state index in [4.69, 9.17) is 4.74 Å². The highest BCUT2D eigenvalue weighted by atomic mass is 16.5. The second kappa shape index (κ2) is 5.21. The predicted octanol–water partition coefficient (Wildman–Crippen LogP) is 2.62. The molecule has 104 valence electrons. The fourth-order valence-corrected chi connectivity index (χ4v) is 2.12. The first-order valence-corrected chi connectivity index (χ1v) is 6.11. The third-order valence-corrected chi connectivity index (χ3v) is 2.99. The van der Waals surface area contributed by atoms with Gasteiger partial charge in [-0.15, -0.1) is 0 Å². The standard InChI is InChI=1S/C15H16N2O3/c1-8-5-6-11-12(7-8)17-14(16-10(3)18)13(11)9(2)15(19)20-4/h5-7,17H,2H2,1,3-4H3,(H,16,18). The Balaban J connectivity index is 2.67. The van der Waals surface area contributed by atoms with Crippen LogP contribution >= 0.6 is 0 Å². The van der Waals surface area contributed by atoms with Gasteiger partial charge in [-0.05, 0) is 18.6 Å². The summed E-state index contributed by atoms with van der Waals surface area (Å²) in [5.74, 6) is -0.307. The molecule has 1 aromatic carbocycles. The van der Waals surface area contributed by atoms with Crippen molar-refractivity contribution < 1.29 is 14.3 Å². The summed E-state index contributed by atoms with van der Waals surface area (Å²) in [5.41, 5.74) is 2.66. The second-order valence-corrected chi connectivity index (χ2v) is 4.58. The Kier molecular flexibility index (Phi) is 3.61. The van der Waals surface area contributed by atoms with Gasteiger partial charge in [-0.1, -0.05) is 18.7 Å². The molecule has 5 nitrogen and oxygen atoms in total. The zero-order valence-electron chi connectivity index (χ0n) is 11.7. The summed E-state index contributed by atoms with van der Waals surface area (Å²) in [5, 5.41) is 3.49. The average molecular weight is 272 g/mol. The number of anilines is 1. The molecule has 0 aliphatic rings. The minimum atomic E-state index is -0.530. The number of hydrogen-bond donors (Lipinski definition) is 2. The molecule has 0 atom stereocenters. The fraction of sp³-hybridized carbons (Fsp3) is 0.200. The normalized spacial score (nSPS) is 10.3. The van der Waals surface area contributed by atoms with E-state index in [9.17, 15) is 9.59 Å². The van der Waals surface area contributed by atoms with Crippen LogP contribution in [0.1, 0.15) is 18.1 Å². The van der Waals surface area contributed by atoms with Crippen molar-refractivity contribution in [2.24, 2.45) is 0 Å². The lowest BCUT2D eigenvalue weighted by Gasteiger charge is -2.06. The maximum absolute atomic E-state index is 11.7. The van der Waals surface area contributed by atoms with Gasteiger partial charge in [-0.2, -0.15) is 0 Å². The fourth-order valence-electron chi connectivity index (χ4n) is 2.12. The number of esters is 1. The number of H-pyrrole nitrogens is 1. The Bertz CT molecular complexity index is 713. The number of fused-ring (bicyclic) bond motifs is 1. The lowest BCUT2D eigenvalue weighted by Crippen LogP contribution is -2.10. The number of aromatic nitrogens is 1. The van der Waals surface area contributed by atoms with E-state index in [1.165, 1.54) is 14.0 Å². The van der Waals surface area contributed by atoms with Crippen molar-refractivity contribution >= 4 is 34.2 Å². The van der Waals surface area contributed by atoms with Gasteiger partial charge in [0, 0.05) is 23.4 Å². The number of aryl methyl sites for hydroxylation is 1. The van der Waals surface area contributed by atoms with E-state index >= 15 is 0 Å². The van der Waals surface area contributed by atoms with Crippen molar-refractivity contribution in [3.05, 3.63) is 35.9 Å². The third-order valence-electron chi connectivity index (χ3n) is 2.99. The minimum Gasteiger partial charge on any atom is -0.465 e. The van der Waals surface area contributed by atoms with Crippen LogP contribution in [-0.2, 0) is 14.3 Å². The molecule has 0 saturated heterocycles. The van der Waals surface area contributed by atoms with Crippen LogP contribution in [0.25, 0.3) is 16.5 Å². The molecule has 0 unspecified atom stereocenters. The van der Waals surface area contributed by atoms with Gasteiger partial charge < -0.3 is 15.0 Å². The van der Waals surface area contributed by atoms with Gasteiger partial charge in [0.15, 0.2) is 0 Å². The van der Waals surface area contributed by atoms with Crippen LogP contribution in [0.4, 0.5) is 5.82 Å². The van der Waals surface area contributed by atoms with Gasteiger partial charge in [0.1, 0.15) is 5.82 Å². The molecule has 5 heteroatoms. The highest BCUT2D eigenvalue weighted by Crippen LogP contribution is 2.32. The van der Waals surface area contributed by atoms with E-state index in [0.717, 1.165) is 16.5 Å². The van der Waals surface area contributed by atoms with E-state index in [-0.39, 0.29) is 11.5 Å². The molecule has 20 heavy (non-hydrogen) atoms. The number of nitrogens with one attached hydrogen (secondary N) is 2. The number of carbonyl (C=O) groups excluding carboxylic acids is 2. The van der Waals surface area contributed by atoms with Crippen LogP contribution in [-0.4, -0.2) is 24.0 Å². The molecule has 0 aliphatic heterocycles. The Morgan fingerprint density at radius 1 is 1.35 bits per heavy atom. The van der Waals surface area contributed by atoms with Gasteiger partial charge in [0.2, 0.25) is 5.91 Å². The van der Waals surface area contributed by atoms with Gasteiger partial charge in [0.25, 0.3) is 0 Å². The van der Waals surface area contributed by atoms with Crippen molar-refractivity contribution in [3.63, 3.8) is 0 Å². The topological polar surface area (TPSA) is 71.2 Å². The molecule has 0 radical (unpaired) electrons. The smallest absolute Gasteiger partial charge is 0.338 e. The molecular weight excluding hydrogens is 256 g/mol. The summed E-state index contributed by atoms with van der Waals surface area (Å²) >= 11 is 0. The van der Waals surface area contributed by atoms with Gasteiger partial charge in [-0.25, -0.2) is 4.79 Å². The molecule has 1 heterocycles. The number of rotatable bonds is 3. The first-order chi connectivity index (χ1) is 9.43. The maximum Gasteiger partial charge on any atom is 0.338 e. The van der Waals surface area contributed by atoms with E-state index in [1.54, 1.807) is 0 Å². The molecule has 0 bridgehead atoms. The van der Waals surface area contributed by atoms with E-state index in [1.807, 2.05) is 25.1 Å². The molecule has 2 aromatic rings. The highest BCUT2D eigenvalue weighted by molar-refractivity contribution is 6.22. The zero-order valence-corrected chi connectivity index (χ0v) is 11.7. The summed E-state index contributed by atoms with van der Waals surface area (Å²) in [6, 6.07) is 5.76. The van der Waals surface area contributed by atoms with Crippen LogP contribution in [0.5, 0.6) is 0 Å². The summed E-state index contributed by atoms with van der Waals surface area (Å²) in [7, 11) is 1.30. The van der Waals surface area contributed by atoms with Gasteiger partial charge in [-0.3, -0.25) is 4.79 Å². The SMILES string of the molecule is C=C(C(=O)OC)c1c(NC(C)=O)[nH]c2cc(C)ccc12. The number of ether oxygens (including phenoxy) is 1. The minimum absolute atomic E-state index is 0.200. The maximum atomic E-state index is 11.7. The first kappa shape index (κ1) is 13.9. The average Bonchev–Trinajstić information content (AvgIpc) is 2.72. The van der Waals surface area contributed by atoms with Gasteiger partial charge >= 0.3 is 5.97 Å². The van der Waals surface area contributed by atoms with Crippen molar-refractivity contribution in [2.75, 3.05) is 12.4 Å². The summed E-state index contributed by atoms with van der Waals surface area (Å²) in [6.07, 6.45) is 0. The molecular formula is C15H16N2O3. The molecule has 0 saturated carbocycles. The second-order valence-electron chi connectivity index (χ2n) is 4.58. The van der Waals surface area contributed by atoms with E-state index in [2.05, 4.69) is 16.9 Å². The van der Waals surface area contributed by atoms with Crippen LogP contribution < -0.4 is 5.32 Å². The number of hydrogen-bond acceptors (Lipinski definition) is 3. The zero-order chi connectivity index (χ0) is 14.9. The Morgan fingerprint density at radius 2 is 2.05 bits per heavy atom. The van der Waals surface area contributed by atoms with Crippen molar-refractivity contribution in [1.29, 1.82) is 0 Å². The Morgan fingerprint density at radius 3 is 2.65 bits per heavy atom. The first-order valence-electron chi connectivity index (χ1n) is 6.11. The van der Waals surface area contributed by atoms with Crippen molar-refractivity contribution in [2.45, 2.75) is 13.8 Å². The quantitative estimate of drug-likeness (QED) is 0.666. The number of amides is 1. The molecule has 0 spiro atoms. The number of aromatic amines is 1. The van der Waals surface area contributed by atoms with Crippen LogP contribution in [0.15, 0.2) is 24.8 Å². The van der Waals surface area contributed by atoms with Crippen molar-refractivity contribution in [3.8, 4) is 0 Å². The molecule has 0 fully saturated rings. The van der Waals surface area contributed by atoms with Gasteiger partial charge in [0.05, 0.1) is 12.7 Å². The number of carbonyl (C=O) groups is 2. The summed E-state index contributed by atoms with van der Waals surface area (Å²) in [4.78, 5) is 26.1. The monoisotopic (exact) mass is 272 g/mol. The molecule has 2 rings (SSSR count). The van der Waals surface area contributed by atoms with Crippen LogP contribution in [0.2, 0.25) is 0 Å². The predicted molar refractivity (Wildman–Crippen MR) is 78.4 cm³/mol. The third kappa shape index (κ3) is 2.42. The molecule has 2 N–H and O–H groups in total. The lowest BCUT2D eigenvalue weighted by molar-refractivity contribution is -0.133. The van der Waals surface area contributed by atoms with Crippen LogP contribution in [0, 0.1) is 6.92 Å². The summed E-state index contributed by atoms with van der Waals surface area (Å²) in [6.45, 7) is 7.13. The van der Waals surface area contributed by atoms with Crippen LogP contribution in [0.3, 0.4) is 0 Å². The number of methoxy groups -OCH3 is 1. The van der Waals surface area contributed by atoms with E-state index in [0.29, 0.717) is 11.4 Å². The van der Waals surface area contributed by atoms with E-state index < -0.39 is 5.97 Å². The van der Waals surface area contributed by atoms with Crippen molar-refractivity contribution in [1.82, 2.24) is 4.98 Å². The molecule has 0 aliphatic carbocycles. The molecule has 1 amide bonds.